The third-order valence-corrected chi connectivity index (χ3v) is 4.27. The molecule has 0 saturated carbocycles. The molecule has 106 valence electrons. The van der Waals surface area contributed by atoms with E-state index in [1.165, 1.54) is 0 Å². The fourth-order valence-electron chi connectivity index (χ4n) is 2.56. The number of benzene rings is 1. The van der Waals surface area contributed by atoms with Gasteiger partial charge in [-0.2, -0.15) is 0 Å². The lowest BCUT2D eigenvalue weighted by molar-refractivity contribution is -0.181. The van der Waals surface area contributed by atoms with Crippen LogP contribution < -0.4 is 0 Å². The molecular formula is C16H24O3. The van der Waals surface area contributed by atoms with E-state index in [9.17, 15) is 5.11 Å². The minimum atomic E-state index is -0.443. The van der Waals surface area contributed by atoms with Gasteiger partial charge in [0, 0.05) is 0 Å². The van der Waals surface area contributed by atoms with Crippen molar-refractivity contribution in [2.24, 2.45) is 11.8 Å². The lowest BCUT2D eigenvalue weighted by Gasteiger charge is -2.41. The molecule has 3 nitrogen and oxygen atoms in total. The van der Waals surface area contributed by atoms with Crippen LogP contribution in [-0.4, -0.2) is 30.0 Å². The van der Waals surface area contributed by atoms with Crippen molar-refractivity contribution in [2.45, 2.75) is 45.7 Å². The minimum Gasteiger partial charge on any atom is -0.390 e. The summed E-state index contributed by atoms with van der Waals surface area (Å²) in [6, 6.07) is 10.0. The molecule has 1 heterocycles. The smallest absolute Gasteiger partial charge is 0.107 e. The van der Waals surface area contributed by atoms with Gasteiger partial charge < -0.3 is 14.6 Å². The summed E-state index contributed by atoms with van der Waals surface area (Å²) in [4.78, 5) is 0. The van der Waals surface area contributed by atoms with Crippen molar-refractivity contribution in [2.75, 3.05) is 6.61 Å². The number of ether oxygens (including phenoxy) is 2. The predicted molar refractivity (Wildman–Crippen MR) is 74.8 cm³/mol. The van der Waals surface area contributed by atoms with Crippen LogP contribution in [0.15, 0.2) is 30.3 Å². The maximum atomic E-state index is 10.2. The van der Waals surface area contributed by atoms with E-state index in [-0.39, 0.29) is 18.1 Å². The van der Waals surface area contributed by atoms with Crippen molar-refractivity contribution >= 4 is 0 Å². The van der Waals surface area contributed by atoms with Crippen LogP contribution in [0.5, 0.6) is 0 Å². The van der Waals surface area contributed by atoms with Crippen molar-refractivity contribution in [3.05, 3.63) is 35.9 Å². The van der Waals surface area contributed by atoms with Crippen molar-refractivity contribution in [1.82, 2.24) is 0 Å². The van der Waals surface area contributed by atoms with Crippen LogP contribution in [0.3, 0.4) is 0 Å². The van der Waals surface area contributed by atoms with Gasteiger partial charge in [0.1, 0.15) is 6.10 Å². The number of hydrogen-bond acceptors (Lipinski definition) is 3. The lowest BCUT2D eigenvalue weighted by atomic mass is 9.82. The summed E-state index contributed by atoms with van der Waals surface area (Å²) in [6.07, 6.45) is -0.490. The van der Waals surface area contributed by atoms with Gasteiger partial charge in [0.25, 0.3) is 0 Å². The third kappa shape index (κ3) is 3.56. The molecule has 0 radical (unpaired) electrons. The lowest BCUT2D eigenvalue weighted by Crippen LogP contribution is -2.50. The Morgan fingerprint density at radius 1 is 1.11 bits per heavy atom. The van der Waals surface area contributed by atoms with E-state index in [2.05, 4.69) is 20.8 Å². The third-order valence-electron chi connectivity index (χ3n) is 4.27. The van der Waals surface area contributed by atoms with Gasteiger partial charge in [-0.1, -0.05) is 44.2 Å². The number of aliphatic hydroxyl groups is 1. The maximum absolute atomic E-state index is 10.2. The summed E-state index contributed by atoms with van der Waals surface area (Å²) in [7, 11) is 0. The van der Waals surface area contributed by atoms with E-state index >= 15 is 0 Å². The molecule has 3 heteroatoms. The Morgan fingerprint density at radius 2 is 1.79 bits per heavy atom. The zero-order chi connectivity index (χ0) is 13.8. The topological polar surface area (TPSA) is 38.7 Å². The number of hydrogen-bond donors (Lipinski definition) is 1. The molecule has 2 rings (SSSR count). The van der Waals surface area contributed by atoms with Crippen LogP contribution in [-0.2, 0) is 16.1 Å². The van der Waals surface area contributed by atoms with Crippen molar-refractivity contribution in [3.63, 3.8) is 0 Å². The molecule has 1 aromatic carbocycles. The minimum absolute atomic E-state index is 0.170. The molecule has 5 atom stereocenters. The second kappa shape index (κ2) is 6.51. The van der Waals surface area contributed by atoms with Gasteiger partial charge in [0.15, 0.2) is 0 Å². The van der Waals surface area contributed by atoms with Crippen molar-refractivity contribution in [3.8, 4) is 0 Å². The van der Waals surface area contributed by atoms with E-state index < -0.39 is 6.10 Å². The molecule has 1 aliphatic rings. The summed E-state index contributed by atoms with van der Waals surface area (Å²) in [5, 5.41) is 10.2. The predicted octanol–water partition coefficient (Wildman–Crippen LogP) is 2.62. The van der Waals surface area contributed by atoms with Crippen molar-refractivity contribution < 1.29 is 14.6 Å². The highest BCUT2D eigenvalue weighted by Crippen LogP contribution is 2.30. The number of rotatable bonds is 4. The molecule has 0 aromatic heterocycles. The van der Waals surface area contributed by atoms with E-state index in [1.54, 1.807) is 0 Å². The Balaban J connectivity index is 1.82. The molecule has 1 fully saturated rings. The zero-order valence-corrected chi connectivity index (χ0v) is 12.0. The molecule has 1 N–H and O–H groups in total. The van der Waals surface area contributed by atoms with Gasteiger partial charge in [-0.3, -0.25) is 0 Å². The average molecular weight is 264 g/mol. The molecule has 2 unspecified atom stereocenters. The van der Waals surface area contributed by atoms with Gasteiger partial charge in [-0.05, 0) is 24.3 Å². The summed E-state index contributed by atoms with van der Waals surface area (Å²) < 4.78 is 11.5. The summed E-state index contributed by atoms with van der Waals surface area (Å²) in [6.45, 7) is 7.28. The molecule has 0 spiro atoms. The average Bonchev–Trinajstić information content (AvgIpc) is 2.43. The first kappa shape index (κ1) is 14.5. The van der Waals surface area contributed by atoms with Crippen LogP contribution in [0.2, 0.25) is 0 Å². The zero-order valence-electron chi connectivity index (χ0n) is 12.0. The summed E-state index contributed by atoms with van der Waals surface area (Å²) >= 11 is 0. The molecule has 1 saturated heterocycles. The van der Waals surface area contributed by atoms with Crippen LogP contribution >= 0.6 is 0 Å². The Labute approximate surface area is 115 Å². The first-order valence-corrected chi connectivity index (χ1v) is 7.04. The van der Waals surface area contributed by atoms with Gasteiger partial charge in [0.2, 0.25) is 0 Å². The van der Waals surface area contributed by atoms with Gasteiger partial charge in [-0.15, -0.1) is 0 Å². The van der Waals surface area contributed by atoms with E-state index in [0.29, 0.717) is 19.1 Å². The van der Waals surface area contributed by atoms with Crippen LogP contribution in [0.4, 0.5) is 0 Å². The van der Waals surface area contributed by atoms with Gasteiger partial charge in [0.05, 0.1) is 25.4 Å². The fraction of sp³-hybridized carbons (Fsp3) is 0.625. The van der Waals surface area contributed by atoms with E-state index in [0.717, 1.165) is 5.56 Å². The van der Waals surface area contributed by atoms with E-state index in [4.69, 9.17) is 9.47 Å². The normalized spacial score (nSPS) is 35.3. The first-order chi connectivity index (χ1) is 9.09. The first-order valence-electron chi connectivity index (χ1n) is 7.04. The van der Waals surface area contributed by atoms with Crippen LogP contribution in [0.1, 0.15) is 26.3 Å². The van der Waals surface area contributed by atoms with E-state index in [1.807, 2.05) is 30.3 Å². The van der Waals surface area contributed by atoms with Crippen LogP contribution in [0.25, 0.3) is 0 Å². The van der Waals surface area contributed by atoms with Gasteiger partial charge in [-0.25, -0.2) is 0 Å². The highest BCUT2D eigenvalue weighted by Gasteiger charge is 2.38. The van der Waals surface area contributed by atoms with Crippen molar-refractivity contribution in [1.29, 1.82) is 0 Å². The monoisotopic (exact) mass is 264 g/mol. The Hall–Kier alpha value is -0.900. The fourth-order valence-corrected chi connectivity index (χ4v) is 2.56. The van der Waals surface area contributed by atoms with Gasteiger partial charge >= 0.3 is 0 Å². The molecule has 0 amide bonds. The highest BCUT2D eigenvalue weighted by atomic mass is 16.5. The number of aliphatic hydroxyl groups excluding tert-OH is 1. The quantitative estimate of drug-likeness (QED) is 0.908. The Morgan fingerprint density at radius 3 is 2.47 bits per heavy atom. The molecule has 1 aliphatic heterocycles. The SMILES string of the molecule is CC1[C@@H](C)[C@H](O)C(COCc2ccccc2)O[C@@H]1C. The molecule has 0 bridgehead atoms. The summed E-state index contributed by atoms with van der Waals surface area (Å²) in [5.41, 5.74) is 1.14. The van der Waals surface area contributed by atoms with Crippen LogP contribution in [0, 0.1) is 11.8 Å². The molecule has 0 aliphatic carbocycles. The second-order valence-corrected chi connectivity index (χ2v) is 5.59. The maximum Gasteiger partial charge on any atom is 0.107 e. The largest absolute Gasteiger partial charge is 0.390 e. The summed E-state index contributed by atoms with van der Waals surface area (Å²) in [5.74, 6) is 0.620. The Bertz CT molecular complexity index is 379. The molecule has 19 heavy (non-hydrogen) atoms. The second-order valence-electron chi connectivity index (χ2n) is 5.59. The molecular weight excluding hydrogens is 240 g/mol. The molecule has 1 aromatic rings. The standard InChI is InChI=1S/C16H24O3/c1-11-12(2)16(17)15(19-13(11)3)10-18-9-14-7-5-4-6-8-14/h4-8,11-13,15-17H,9-10H2,1-3H3/t11?,12-,13-,15?,16+/m1/s1. The highest BCUT2D eigenvalue weighted by molar-refractivity contribution is 5.13. The Kier molecular flexibility index (Phi) is 4.97.